The molecular weight excluding hydrogens is 384 g/mol. The maximum Gasteiger partial charge on any atom is 0.223 e. The zero-order valence-electron chi connectivity index (χ0n) is 16.5. The number of benzene rings is 1. The van der Waals surface area contributed by atoms with Crippen LogP contribution in [0.15, 0.2) is 24.3 Å². The number of amides is 1. The Balaban J connectivity index is 1.86. The Hall–Kier alpha value is -1.11. The number of hydrogen-bond acceptors (Lipinski definition) is 3. The predicted octanol–water partition coefficient (Wildman–Crippen LogP) is 3.58. The van der Waals surface area contributed by atoms with Crippen LogP contribution in [0.2, 0.25) is 5.02 Å². The molecule has 1 heterocycles. The first kappa shape index (κ1) is 22.2. The Kier molecular flexibility index (Phi) is 7.72. The minimum absolute atomic E-state index is 0.00992. The summed E-state index contributed by atoms with van der Waals surface area (Å²) in [4.78, 5) is 12.6. The lowest BCUT2D eigenvalue weighted by molar-refractivity contribution is -0.126. The lowest BCUT2D eigenvalue weighted by Crippen LogP contribution is -2.45. The van der Waals surface area contributed by atoms with E-state index >= 15 is 0 Å². The molecule has 5 nitrogen and oxygen atoms in total. The third-order valence-corrected chi connectivity index (χ3v) is 7.48. The molecule has 1 aromatic carbocycles. The van der Waals surface area contributed by atoms with Crippen LogP contribution in [-0.2, 0) is 20.2 Å². The highest BCUT2D eigenvalue weighted by Crippen LogP contribution is 2.26. The number of halogens is 1. The fraction of sp³-hybridized carbons (Fsp3) is 0.650. The summed E-state index contributed by atoms with van der Waals surface area (Å²) in [7, 11) is -3.18. The van der Waals surface area contributed by atoms with E-state index in [-0.39, 0.29) is 23.0 Å². The number of sulfonamides is 1. The number of hydrogen-bond donors (Lipinski definition) is 1. The molecule has 0 atom stereocenters. The number of carbonyl (C=O) groups is 1. The average Bonchev–Trinajstić information content (AvgIpc) is 2.64. The smallest absolute Gasteiger partial charge is 0.223 e. The minimum Gasteiger partial charge on any atom is -0.355 e. The van der Waals surface area contributed by atoms with Crippen molar-refractivity contribution in [2.75, 3.05) is 25.4 Å². The second-order valence-corrected chi connectivity index (χ2v) is 10.5. The quantitative estimate of drug-likeness (QED) is 0.707. The van der Waals surface area contributed by atoms with Crippen molar-refractivity contribution >= 4 is 27.5 Å². The van der Waals surface area contributed by atoms with Crippen molar-refractivity contribution in [1.29, 1.82) is 0 Å². The van der Waals surface area contributed by atoms with E-state index in [1.807, 2.05) is 31.2 Å². The summed E-state index contributed by atoms with van der Waals surface area (Å²) in [5, 5.41) is 3.73. The van der Waals surface area contributed by atoms with E-state index < -0.39 is 10.0 Å². The molecule has 1 saturated heterocycles. The summed E-state index contributed by atoms with van der Waals surface area (Å²) >= 11 is 6.08. The first-order valence-electron chi connectivity index (χ1n) is 9.67. The number of nitrogens with zero attached hydrogens (tertiary/aromatic N) is 1. The van der Waals surface area contributed by atoms with Gasteiger partial charge in [-0.3, -0.25) is 4.79 Å². The van der Waals surface area contributed by atoms with Gasteiger partial charge in [0.25, 0.3) is 0 Å². The van der Waals surface area contributed by atoms with Gasteiger partial charge in [0, 0.05) is 36.0 Å². The normalized spacial score (nSPS) is 17.0. The van der Waals surface area contributed by atoms with Gasteiger partial charge >= 0.3 is 0 Å². The molecule has 2 rings (SSSR count). The predicted molar refractivity (Wildman–Crippen MR) is 110 cm³/mol. The molecule has 0 saturated carbocycles. The number of unbranched alkanes of at least 4 members (excludes halogenated alkanes) is 1. The van der Waals surface area contributed by atoms with Crippen LogP contribution in [-0.4, -0.2) is 44.0 Å². The first-order chi connectivity index (χ1) is 12.7. The fourth-order valence-corrected chi connectivity index (χ4v) is 5.19. The van der Waals surface area contributed by atoms with Crippen molar-refractivity contribution in [3.63, 3.8) is 0 Å². The maximum absolute atomic E-state index is 12.6. The van der Waals surface area contributed by atoms with Gasteiger partial charge in [0.15, 0.2) is 0 Å². The van der Waals surface area contributed by atoms with Gasteiger partial charge in [0.2, 0.25) is 15.9 Å². The fourth-order valence-electron chi connectivity index (χ4n) is 3.32. The summed E-state index contributed by atoms with van der Waals surface area (Å²) in [5.74, 6) is 0.0854. The lowest BCUT2D eigenvalue weighted by atomic mass is 9.84. The highest BCUT2D eigenvalue weighted by atomic mass is 35.5. The Morgan fingerprint density at radius 3 is 2.56 bits per heavy atom. The third-order valence-electron chi connectivity index (χ3n) is 5.28. The van der Waals surface area contributed by atoms with E-state index in [1.165, 1.54) is 0 Å². The van der Waals surface area contributed by atoms with E-state index in [0.717, 1.165) is 12.0 Å². The van der Waals surface area contributed by atoms with Crippen molar-refractivity contribution in [2.24, 2.45) is 5.92 Å². The second kappa shape index (κ2) is 9.39. The van der Waals surface area contributed by atoms with Gasteiger partial charge in [-0.25, -0.2) is 12.7 Å². The van der Waals surface area contributed by atoms with Crippen molar-refractivity contribution in [2.45, 2.75) is 51.9 Å². The van der Waals surface area contributed by atoms with Crippen molar-refractivity contribution < 1.29 is 13.2 Å². The van der Waals surface area contributed by atoms with Crippen molar-refractivity contribution in [3.8, 4) is 0 Å². The Morgan fingerprint density at radius 1 is 1.30 bits per heavy atom. The molecule has 1 N–H and O–H groups in total. The molecule has 0 unspecified atom stereocenters. The average molecular weight is 415 g/mol. The van der Waals surface area contributed by atoms with E-state index in [2.05, 4.69) is 19.2 Å². The molecule has 0 radical (unpaired) electrons. The molecule has 0 bridgehead atoms. The zero-order valence-corrected chi connectivity index (χ0v) is 18.1. The summed E-state index contributed by atoms with van der Waals surface area (Å²) in [5.41, 5.74) is 0.845. The lowest BCUT2D eigenvalue weighted by Gasteiger charge is -2.32. The summed E-state index contributed by atoms with van der Waals surface area (Å²) in [6, 6.07) is 7.68. The molecule has 0 spiro atoms. The van der Waals surface area contributed by atoms with Gasteiger partial charge in [0.1, 0.15) is 0 Å². The first-order valence-corrected chi connectivity index (χ1v) is 11.7. The van der Waals surface area contributed by atoms with Gasteiger partial charge in [-0.1, -0.05) is 50.9 Å². The van der Waals surface area contributed by atoms with Gasteiger partial charge < -0.3 is 5.32 Å². The summed E-state index contributed by atoms with van der Waals surface area (Å²) in [6.07, 6.45) is 2.70. The van der Waals surface area contributed by atoms with E-state index in [0.29, 0.717) is 43.9 Å². The highest BCUT2D eigenvalue weighted by molar-refractivity contribution is 7.89. The monoisotopic (exact) mass is 414 g/mol. The van der Waals surface area contributed by atoms with Crippen molar-refractivity contribution in [1.82, 2.24) is 9.62 Å². The topological polar surface area (TPSA) is 66.5 Å². The highest BCUT2D eigenvalue weighted by Gasteiger charge is 2.31. The van der Waals surface area contributed by atoms with Crippen LogP contribution < -0.4 is 5.32 Å². The third kappa shape index (κ3) is 6.19. The van der Waals surface area contributed by atoms with E-state index in [1.54, 1.807) is 4.31 Å². The molecule has 1 amide bonds. The standard InChI is InChI=1S/C20H31ClN2O3S/c1-4-5-13-27(25,26)23-11-9-16(10-12-23)19(24)22-15-20(2,3)17-7-6-8-18(21)14-17/h6-8,14,16H,4-5,9-13,15H2,1-3H3,(H,22,24). The van der Waals surface area contributed by atoms with Crippen LogP contribution >= 0.6 is 11.6 Å². The van der Waals surface area contributed by atoms with E-state index in [9.17, 15) is 13.2 Å². The summed E-state index contributed by atoms with van der Waals surface area (Å²) < 4.78 is 26.1. The molecule has 1 aliphatic heterocycles. The van der Waals surface area contributed by atoms with E-state index in [4.69, 9.17) is 11.6 Å². The summed E-state index contributed by atoms with van der Waals surface area (Å²) in [6.45, 7) is 7.51. The van der Waals surface area contributed by atoms with Gasteiger partial charge in [-0.15, -0.1) is 0 Å². The van der Waals surface area contributed by atoms with Crippen LogP contribution in [0.25, 0.3) is 0 Å². The number of piperidine rings is 1. The molecule has 0 aliphatic carbocycles. The van der Waals surface area contributed by atoms with Crippen LogP contribution in [0.4, 0.5) is 0 Å². The SMILES string of the molecule is CCCCS(=O)(=O)N1CCC(C(=O)NCC(C)(C)c2cccc(Cl)c2)CC1. The Morgan fingerprint density at radius 2 is 1.96 bits per heavy atom. The van der Waals surface area contributed by atoms with Gasteiger partial charge in [0.05, 0.1) is 5.75 Å². The van der Waals surface area contributed by atoms with Crippen LogP contribution in [0.3, 0.4) is 0 Å². The molecule has 0 aromatic heterocycles. The van der Waals surface area contributed by atoms with Crippen molar-refractivity contribution in [3.05, 3.63) is 34.9 Å². The maximum atomic E-state index is 12.6. The second-order valence-electron chi connectivity index (χ2n) is 7.95. The van der Waals surface area contributed by atoms with Crippen LogP contribution in [0.5, 0.6) is 0 Å². The molecule has 1 aromatic rings. The van der Waals surface area contributed by atoms with Gasteiger partial charge in [-0.2, -0.15) is 0 Å². The Bertz CT molecular complexity index is 741. The molecule has 152 valence electrons. The Labute approximate surface area is 168 Å². The zero-order chi connectivity index (χ0) is 20.1. The number of rotatable bonds is 8. The molecule has 1 fully saturated rings. The van der Waals surface area contributed by atoms with Gasteiger partial charge in [-0.05, 0) is 37.0 Å². The minimum atomic E-state index is -3.18. The molecule has 27 heavy (non-hydrogen) atoms. The number of nitrogens with one attached hydrogen (secondary N) is 1. The molecule has 7 heteroatoms. The molecule has 1 aliphatic rings. The van der Waals surface area contributed by atoms with Crippen LogP contribution in [0, 0.1) is 5.92 Å². The molecular formula is C20H31ClN2O3S. The number of carbonyl (C=O) groups excluding carboxylic acids is 1. The van der Waals surface area contributed by atoms with Crippen LogP contribution in [0.1, 0.15) is 52.0 Å². The largest absolute Gasteiger partial charge is 0.355 e.